The van der Waals surface area contributed by atoms with Crippen LogP contribution in [0.25, 0.3) is 0 Å². The number of thioether (sulfide) groups is 1. The van der Waals surface area contributed by atoms with Crippen molar-refractivity contribution in [2.75, 3.05) is 18.8 Å². The van der Waals surface area contributed by atoms with Gasteiger partial charge < -0.3 is 0 Å². The van der Waals surface area contributed by atoms with E-state index in [-0.39, 0.29) is 33.7 Å². The number of hydrogen-bond acceptors (Lipinski definition) is 6. The molecular formula is C11H11BrN2O4S3. The number of halogens is 1. The number of thiophene rings is 1. The van der Waals surface area contributed by atoms with Gasteiger partial charge in [-0.05, 0) is 34.5 Å². The number of hydrogen-bond donors (Lipinski definition) is 0. The summed E-state index contributed by atoms with van der Waals surface area (Å²) in [4.78, 5) is 24.6. The summed E-state index contributed by atoms with van der Waals surface area (Å²) in [7, 11) is -3.55. The summed E-state index contributed by atoms with van der Waals surface area (Å²) in [6.07, 6.45) is 0.490. The molecule has 21 heavy (non-hydrogen) atoms. The van der Waals surface area contributed by atoms with Gasteiger partial charge in [-0.2, -0.15) is 4.31 Å². The van der Waals surface area contributed by atoms with Crippen molar-refractivity contribution in [1.82, 2.24) is 9.21 Å². The van der Waals surface area contributed by atoms with Crippen molar-refractivity contribution in [2.45, 2.75) is 16.7 Å². The van der Waals surface area contributed by atoms with E-state index >= 15 is 0 Å². The zero-order valence-electron chi connectivity index (χ0n) is 10.7. The highest BCUT2D eigenvalue weighted by Crippen LogP contribution is 2.32. The first kappa shape index (κ1) is 15.5. The first-order valence-electron chi connectivity index (χ1n) is 6.14. The molecule has 0 N–H and O–H groups in total. The Bertz CT molecular complexity index is 686. The fourth-order valence-electron chi connectivity index (χ4n) is 2.42. The average molecular weight is 411 g/mol. The van der Waals surface area contributed by atoms with Gasteiger partial charge in [0, 0.05) is 13.1 Å². The molecule has 6 nitrogen and oxygen atoms in total. The molecule has 2 saturated heterocycles. The molecule has 2 aliphatic rings. The van der Waals surface area contributed by atoms with Crippen molar-refractivity contribution >= 4 is 60.2 Å². The lowest BCUT2D eigenvalue weighted by atomic mass is 10.2. The number of rotatable bonds is 3. The van der Waals surface area contributed by atoms with Crippen LogP contribution >= 0.6 is 39.0 Å². The van der Waals surface area contributed by atoms with Crippen molar-refractivity contribution in [3.05, 3.63) is 15.9 Å². The summed E-state index contributed by atoms with van der Waals surface area (Å²) < 4.78 is 27.3. The summed E-state index contributed by atoms with van der Waals surface area (Å²) in [6, 6.07) is 2.90. The van der Waals surface area contributed by atoms with Gasteiger partial charge in [-0.15, -0.1) is 11.3 Å². The molecule has 3 rings (SSSR count). The summed E-state index contributed by atoms with van der Waals surface area (Å²) in [5.41, 5.74) is 0. The summed E-state index contributed by atoms with van der Waals surface area (Å²) >= 11 is 5.38. The molecule has 3 heterocycles. The molecule has 114 valence electrons. The first-order chi connectivity index (χ1) is 9.89. The average Bonchev–Trinajstić information content (AvgIpc) is 3.11. The zero-order chi connectivity index (χ0) is 15.2. The van der Waals surface area contributed by atoms with Gasteiger partial charge in [-0.25, -0.2) is 8.42 Å². The molecule has 1 aromatic heterocycles. The lowest BCUT2D eigenvalue weighted by Crippen LogP contribution is -2.41. The minimum atomic E-state index is -3.55. The Morgan fingerprint density at radius 3 is 2.62 bits per heavy atom. The van der Waals surface area contributed by atoms with E-state index in [1.807, 2.05) is 0 Å². The standard InChI is InChI=1S/C11H11BrN2O4S3/c12-8-1-2-10(20-8)21(17,18)13-4-3-7(5-13)14-9(15)6-19-11(14)16/h1-2,7H,3-6H2/t7-/m0/s1. The van der Waals surface area contributed by atoms with E-state index in [1.54, 1.807) is 12.1 Å². The molecule has 0 saturated carbocycles. The van der Waals surface area contributed by atoms with Crippen molar-refractivity contribution in [1.29, 1.82) is 0 Å². The Kier molecular flexibility index (Phi) is 4.17. The Balaban J connectivity index is 1.78. The summed E-state index contributed by atoms with van der Waals surface area (Å²) in [6.45, 7) is 0.500. The molecule has 0 unspecified atom stereocenters. The smallest absolute Gasteiger partial charge is 0.273 e. The number of carbonyl (C=O) groups is 2. The van der Waals surface area contributed by atoms with E-state index in [4.69, 9.17) is 0 Å². The van der Waals surface area contributed by atoms with Crippen LogP contribution in [0.4, 0.5) is 4.79 Å². The van der Waals surface area contributed by atoms with Crippen molar-refractivity contribution in [2.24, 2.45) is 0 Å². The highest BCUT2D eigenvalue weighted by Gasteiger charge is 2.42. The van der Waals surface area contributed by atoms with E-state index < -0.39 is 10.0 Å². The van der Waals surface area contributed by atoms with Crippen LogP contribution in [0.2, 0.25) is 0 Å². The van der Waals surface area contributed by atoms with Gasteiger partial charge in [-0.3, -0.25) is 14.5 Å². The number of imide groups is 1. The molecule has 1 atom stereocenters. The van der Waals surface area contributed by atoms with Crippen molar-refractivity contribution in [3.63, 3.8) is 0 Å². The van der Waals surface area contributed by atoms with Crippen LogP contribution in [-0.2, 0) is 14.8 Å². The predicted molar refractivity (Wildman–Crippen MR) is 83.9 cm³/mol. The minimum Gasteiger partial charge on any atom is -0.273 e. The molecule has 0 aliphatic carbocycles. The van der Waals surface area contributed by atoms with Crippen LogP contribution in [0.3, 0.4) is 0 Å². The van der Waals surface area contributed by atoms with Crippen LogP contribution in [0.5, 0.6) is 0 Å². The molecule has 2 fully saturated rings. The molecule has 0 bridgehead atoms. The Hall–Kier alpha value is -0.420. The molecule has 0 spiro atoms. The quantitative estimate of drug-likeness (QED) is 0.761. The Labute approximate surface area is 138 Å². The van der Waals surface area contributed by atoms with Crippen LogP contribution in [-0.4, -0.2) is 53.7 Å². The summed E-state index contributed by atoms with van der Waals surface area (Å²) in [5, 5.41) is -0.275. The molecule has 0 radical (unpaired) electrons. The molecule has 2 amide bonds. The topological polar surface area (TPSA) is 74.8 Å². The second-order valence-electron chi connectivity index (χ2n) is 4.68. The number of nitrogens with zero attached hydrogens (tertiary/aromatic N) is 2. The Morgan fingerprint density at radius 2 is 2.05 bits per heavy atom. The van der Waals surface area contributed by atoms with Gasteiger partial charge in [0.2, 0.25) is 5.91 Å². The largest absolute Gasteiger partial charge is 0.289 e. The van der Waals surface area contributed by atoms with Gasteiger partial charge >= 0.3 is 0 Å². The maximum Gasteiger partial charge on any atom is 0.289 e. The van der Waals surface area contributed by atoms with E-state index in [9.17, 15) is 18.0 Å². The fourth-order valence-corrected chi connectivity index (χ4v) is 6.85. The highest BCUT2D eigenvalue weighted by atomic mass is 79.9. The lowest BCUT2D eigenvalue weighted by Gasteiger charge is -2.21. The molecular weight excluding hydrogens is 400 g/mol. The fraction of sp³-hybridized carbons (Fsp3) is 0.455. The Morgan fingerprint density at radius 1 is 1.29 bits per heavy atom. The maximum absolute atomic E-state index is 12.5. The normalized spacial score (nSPS) is 24.2. The third-order valence-electron chi connectivity index (χ3n) is 3.42. The van der Waals surface area contributed by atoms with Gasteiger partial charge in [0.05, 0.1) is 15.6 Å². The van der Waals surface area contributed by atoms with Crippen LogP contribution < -0.4 is 0 Å². The summed E-state index contributed by atoms with van der Waals surface area (Å²) in [5.74, 6) is -0.0759. The van der Waals surface area contributed by atoms with Gasteiger partial charge in [0.15, 0.2) is 0 Å². The van der Waals surface area contributed by atoms with Gasteiger partial charge in [0.1, 0.15) is 4.21 Å². The second-order valence-corrected chi connectivity index (χ2v) is 10.2. The second kappa shape index (κ2) is 5.65. The molecule has 2 aliphatic heterocycles. The van der Waals surface area contributed by atoms with Crippen molar-refractivity contribution < 1.29 is 18.0 Å². The lowest BCUT2D eigenvalue weighted by molar-refractivity contribution is -0.126. The monoisotopic (exact) mass is 410 g/mol. The van der Waals surface area contributed by atoms with Gasteiger partial charge in [-0.1, -0.05) is 11.8 Å². The van der Waals surface area contributed by atoms with E-state index in [2.05, 4.69) is 15.9 Å². The molecule has 10 heteroatoms. The maximum atomic E-state index is 12.5. The number of amides is 2. The third-order valence-corrected chi connectivity index (χ3v) is 8.21. The zero-order valence-corrected chi connectivity index (χ0v) is 14.7. The number of carbonyl (C=O) groups excluding carboxylic acids is 2. The molecule has 0 aromatic carbocycles. The van der Waals surface area contributed by atoms with E-state index in [1.165, 1.54) is 9.21 Å². The van der Waals surface area contributed by atoms with Gasteiger partial charge in [0.25, 0.3) is 15.3 Å². The highest BCUT2D eigenvalue weighted by molar-refractivity contribution is 9.11. The van der Waals surface area contributed by atoms with E-state index in [0.29, 0.717) is 13.0 Å². The predicted octanol–water partition coefficient (Wildman–Crippen LogP) is 1.97. The van der Waals surface area contributed by atoms with E-state index in [0.717, 1.165) is 26.9 Å². The number of sulfonamides is 1. The van der Waals surface area contributed by atoms with Crippen LogP contribution in [0.15, 0.2) is 20.1 Å². The first-order valence-corrected chi connectivity index (χ1v) is 10.2. The van der Waals surface area contributed by atoms with Crippen LogP contribution in [0.1, 0.15) is 6.42 Å². The minimum absolute atomic E-state index is 0.153. The SMILES string of the molecule is O=C1CSC(=O)N1[C@H]1CCN(S(=O)(=O)c2ccc(Br)s2)C1. The van der Waals surface area contributed by atoms with Crippen molar-refractivity contribution in [3.8, 4) is 0 Å². The third kappa shape index (κ3) is 2.79. The van der Waals surface area contributed by atoms with Crippen LogP contribution in [0, 0.1) is 0 Å². The molecule has 1 aromatic rings.